The lowest BCUT2D eigenvalue weighted by atomic mass is 9.95. The lowest BCUT2D eigenvalue weighted by Gasteiger charge is -2.16. The molecule has 0 N–H and O–H groups in total. The first kappa shape index (κ1) is 23.9. The smallest absolute Gasteiger partial charge is 0.127 e. The number of rotatable bonds is 12. The molecular formula is C30H38O2. The van der Waals surface area contributed by atoms with Gasteiger partial charge in [-0.15, -0.1) is 0 Å². The van der Waals surface area contributed by atoms with E-state index in [9.17, 15) is 0 Å². The molecule has 0 atom stereocenters. The van der Waals surface area contributed by atoms with Crippen molar-refractivity contribution in [3.63, 3.8) is 0 Å². The average molecular weight is 431 g/mol. The Kier molecular flexibility index (Phi) is 9.22. The zero-order valence-corrected chi connectivity index (χ0v) is 20.2. The normalized spacial score (nSPS) is 10.9. The van der Waals surface area contributed by atoms with E-state index in [1.807, 2.05) is 0 Å². The minimum absolute atomic E-state index is 0.867. The van der Waals surface area contributed by atoms with E-state index in [2.05, 4.69) is 74.5 Å². The van der Waals surface area contributed by atoms with Gasteiger partial charge in [-0.3, -0.25) is 0 Å². The van der Waals surface area contributed by atoms with Crippen LogP contribution in [0, 0.1) is 0 Å². The number of hydrogen-bond acceptors (Lipinski definition) is 2. The first-order valence-electron chi connectivity index (χ1n) is 12.1. The largest absolute Gasteiger partial charge is 0.496 e. The van der Waals surface area contributed by atoms with Crippen LogP contribution >= 0.6 is 0 Å². The van der Waals surface area contributed by atoms with Crippen molar-refractivity contribution in [1.29, 1.82) is 0 Å². The van der Waals surface area contributed by atoms with Crippen LogP contribution in [0.1, 0.15) is 63.5 Å². The standard InChI is InChI=1S/C30H38O2/c1-5-7-9-11-23-13-17-25(18-14-23)27-21-30(32-4)28(22-29(27)31-3)26-19-15-24(16-20-26)12-10-8-6-2/h13-22H,5-12H2,1-4H3. The molecule has 3 aromatic carbocycles. The molecule has 0 aliphatic heterocycles. The number of aryl methyl sites for hydroxylation is 2. The van der Waals surface area contributed by atoms with Gasteiger partial charge in [0.15, 0.2) is 0 Å². The summed E-state index contributed by atoms with van der Waals surface area (Å²) in [5, 5.41) is 0. The Hall–Kier alpha value is -2.74. The third-order valence-electron chi connectivity index (χ3n) is 6.19. The van der Waals surface area contributed by atoms with Gasteiger partial charge in [-0.05, 0) is 60.1 Å². The summed E-state index contributed by atoms with van der Waals surface area (Å²) in [5.74, 6) is 1.73. The Morgan fingerprint density at radius 2 is 0.906 bits per heavy atom. The van der Waals surface area contributed by atoms with E-state index in [0.29, 0.717) is 0 Å². The molecule has 0 saturated carbocycles. The second-order valence-electron chi connectivity index (χ2n) is 8.56. The van der Waals surface area contributed by atoms with Gasteiger partial charge < -0.3 is 9.47 Å². The summed E-state index contributed by atoms with van der Waals surface area (Å²) in [4.78, 5) is 0. The van der Waals surface area contributed by atoms with Gasteiger partial charge in [0.1, 0.15) is 11.5 Å². The number of benzene rings is 3. The number of hydrogen-bond donors (Lipinski definition) is 0. The fourth-order valence-corrected chi connectivity index (χ4v) is 4.21. The molecule has 0 aliphatic rings. The number of methoxy groups -OCH3 is 2. The maximum atomic E-state index is 5.80. The molecule has 32 heavy (non-hydrogen) atoms. The lowest BCUT2D eigenvalue weighted by Crippen LogP contribution is -1.95. The highest BCUT2D eigenvalue weighted by atomic mass is 16.5. The fraction of sp³-hybridized carbons (Fsp3) is 0.400. The lowest BCUT2D eigenvalue weighted by molar-refractivity contribution is 0.406. The van der Waals surface area contributed by atoms with Gasteiger partial charge in [-0.25, -0.2) is 0 Å². The monoisotopic (exact) mass is 430 g/mol. The van der Waals surface area contributed by atoms with E-state index >= 15 is 0 Å². The van der Waals surface area contributed by atoms with E-state index in [1.165, 1.54) is 49.7 Å². The van der Waals surface area contributed by atoms with Gasteiger partial charge in [-0.2, -0.15) is 0 Å². The Balaban J connectivity index is 1.86. The van der Waals surface area contributed by atoms with E-state index < -0.39 is 0 Å². The van der Waals surface area contributed by atoms with E-state index in [-0.39, 0.29) is 0 Å². The maximum absolute atomic E-state index is 5.80. The molecule has 0 unspecified atom stereocenters. The minimum atomic E-state index is 0.867. The molecular weight excluding hydrogens is 392 g/mol. The molecule has 2 nitrogen and oxygen atoms in total. The average Bonchev–Trinajstić information content (AvgIpc) is 2.84. The van der Waals surface area contributed by atoms with Crippen molar-refractivity contribution < 1.29 is 9.47 Å². The first-order valence-corrected chi connectivity index (χ1v) is 12.1. The molecule has 0 amide bonds. The first-order chi connectivity index (χ1) is 15.7. The molecule has 3 rings (SSSR count). The van der Waals surface area contributed by atoms with E-state index in [4.69, 9.17) is 9.47 Å². The van der Waals surface area contributed by atoms with E-state index in [1.54, 1.807) is 14.2 Å². The molecule has 0 aliphatic carbocycles. The summed E-state index contributed by atoms with van der Waals surface area (Å²) < 4.78 is 11.6. The summed E-state index contributed by atoms with van der Waals surface area (Å²) in [5.41, 5.74) is 7.20. The second kappa shape index (κ2) is 12.3. The van der Waals surface area contributed by atoms with Gasteiger partial charge in [-0.1, -0.05) is 88.1 Å². The Morgan fingerprint density at radius 3 is 1.22 bits per heavy atom. The molecule has 0 bridgehead atoms. The molecule has 3 aromatic rings. The summed E-state index contributed by atoms with van der Waals surface area (Å²) >= 11 is 0. The minimum Gasteiger partial charge on any atom is -0.496 e. The van der Waals surface area contributed by atoms with E-state index in [0.717, 1.165) is 46.6 Å². The van der Waals surface area contributed by atoms with Crippen molar-refractivity contribution in [1.82, 2.24) is 0 Å². The zero-order chi connectivity index (χ0) is 22.8. The summed E-state index contributed by atoms with van der Waals surface area (Å²) in [6, 6.07) is 22.0. The predicted molar refractivity (Wildman–Crippen MR) is 137 cm³/mol. The van der Waals surface area contributed by atoms with Crippen molar-refractivity contribution in [3.05, 3.63) is 71.8 Å². The summed E-state index contributed by atoms with van der Waals surface area (Å²) in [6.45, 7) is 4.49. The number of ether oxygens (including phenoxy) is 2. The van der Waals surface area contributed by atoms with Crippen LogP contribution in [0.25, 0.3) is 22.3 Å². The van der Waals surface area contributed by atoms with Crippen molar-refractivity contribution in [2.75, 3.05) is 14.2 Å². The van der Waals surface area contributed by atoms with Crippen LogP contribution in [0.5, 0.6) is 11.5 Å². The SMILES string of the molecule is CCCCCc1ccc(-c2cc(OC)c(-c3ccc(CCCCC)cc3)cc2OC)cc1. The Bertz CT molecular complexity index is 874. The molecule has 0 saturated heterocycles. The maximum Gasteiger partial charge on any atom is 0.127 e. The molecule has 0 aromatic heterocycles. The molecule has 0 radical (unpaired) electrons. The molecule has 0 heterocycles. The second-order valence-corrected chi connectivity index (χ2v) is 8.56. The van der Waals surface area contributed by atoms with Crippen molar-refractivity contribution in [2.24, 2.45) is 0 Å². The topological polar surface area (TPSA) is 18.5 Å². The highest BCUT2D eigenvalue weighted by Gasteiger charge is 2.14. The molecule has 2 heteroatoms. The van der Waals surface area contributed by atoms with Gasteiger partial charge >= 0.3 is 0 Å². The summed E-state index contributed by atoms with van der Waals surface area (Å²) in [6.07, 6.45) is 9.86. The third-order valence-corrected chi connectivity index (χ3v) is 6.19. The van der Waals surface area contributed by atoms with Gasteiger partial charge in [0.25, 0.3) is 0 Å². The van der Waals surface area contributed by atoms with Crippen molar-refractivity contribution >= 4 is 0 Å². The molecule has 170 valence electrons. The quantitative estimate of drug-likeness (QED) is 0.268. The van der Waals surface area contributed by atoms with Crippen LogP contribution in [0.4, 0.5) is 0 Å². The van der Waals surface area contributed by atoms with Crippen LogP contribution in [-0.4, -0.2) is 14.2 Å². The predicted octanol–water partition coefficient (Wildman–Crippen LogP) is 8.50. The number of unbranched alkanes of at least 4 members (excludes halogenated alkanes) is 4. The highest BCUT2D eigenvalue weighted by molar-refractivity contribution is 5.81. The van der Waals surface area contributed by atoms with Gasteiger partial charge in [0.05, 0.1) is 14.2 Å². The van der Waals surface area contributed by atoms with Crippen LogP contribution < -0.4 is 9.47 Å². The van der Waals surface area contributed by atoms with Crippen molar-refractivity contribution in [2.45, 2.75) is 65.2 Å². The fourth-order valence-electron chi connectivity index (χ4n) is 4.21. The Labute approximate surface area is 194 Å². The van der Waals surface area contributed by atoms with Gasteiger partial charge in [0, 0.05) is 11.1 Å². The van der Waals surface area contributed by atoms with Crippen LogP contribution in [-0.2, 0) is 12.8 Å². The van der Waals surface area contributed by atoms with Crippen LogP contribution in [0.3, 0.4) is 0 Å². The third kappa shape index (κ3) is 6.16. The zero-order valence-electron chi connectivity index (χ0n) is 20.2. The van der Waals surface area contributed by atoms with Crippen LogP contribution in [0.15, 0.2) is 60.7 Å². The molecule has 0 fully saturated rings. The highest BCUT2D eigenvalue weighted by Crippen LogP contribution is 2.41. The summed E-state index contributed by atoms with van der Waals surface area (Å²) in [7, 11) is 3.48. The van der Waals surface area contributed by atoms with Crippen LogP contribution in [0.2, 0.25) is 0 Å². The van der Waals surface area contributed by atoms with Gasteiger partial charge in [0.2, 0.25) is 0 Å². The van der Waals surface area contributed by atoms with Crippen molar-refractivity contribution in [3.8, 4) is 33.8 Å². The molecule has 0 spiro atoms. The Morgan fingerprint density at radius 1 is 0.531 bits per heavy atom.